The zero-order valence-electron chi connectivity index (χ0n) is 11.6. The molecule has 0 N–H and O–H groups in total. The average molecular weight is 276 g/mol. The Kier molecular flexibility index (Phi) is 5.08. The van der Waals surface area contributed by atoms with E-state index in [1.54, 1.807) is 18.9 Å². The molecule has 0 spiro atoms. The molecule has 0 saturated carbocycles. The van der Waals surface area contributed by atoms with Crippen LogP contribution in [0.1, 0.15) is 42.1 Å². The second-order valence-electron chi connectivity index (χ2n) is 4.72. The molecule has 0 unspecified atom stereocenters. The maximum absolute atomic E-state index is 12.4. The number of thioether (sulfide) groups is 1. The molecule has 0 fully saturated rings. The van der Waals surface area contributed by atoms with E-state index in [9.17, 15) is 4.79 Å². The Labute approximate surface area is 119 Å². The number of allylic oxidation sites excluding steroid dienone is 1. The van der Waals surface area contributed by atoms with E-state index in [1.165, 1.54) is 12.8 Å². The fraction of sp³-hybridized carbons (Fsp3) is 0.438. The van der Waals surface area contributed by atoms with Gasteiger partial charge < -0.3 is 4.74 Å². The van der Waals surface area contributed by atoms with E-state index >= 15 is 0 Å². The fourth-order valence-electron chi connectivity index (χ4n) is 2.18. The first-order chi connectivity index (χ1) is 9.26. The summed E-state index contributed by atoms with van der Waals surface area (Å²) in [5, 5.41) is 2.06. The topological polar surface area (TPSA) is 26.3 Å². The van der Waals surface area contributed by atoms with Gasteiger partial charge in [-0.1, -0.05) is 13.3 Å². The number of ketones is 1. The monoisotopic (exact) mass is 276 g/mol. The summed E-state index contributed by atoms with van der Waals surface area (Å²) in [6.45, 7) is 2.18. The van der Waals surface area contributed by atoms with Gasteiger partial charge in [-0.15, -0.1) is 11.8 Å². The van der Waals surface area contributed by atoms with E-state index in [0.717, 1.165) is 41.0 Å². The third-order valence-corrected chi connectivity index (χ3v) is 4.33. The number of hydrogen-bond acceptors (Lipinski definition) is 3. The molecule has 0 aliphatic heterocycles. The Morgan fingerprint density at radius 2 is 2.21 bits per heavy atom. The lowest BCUT2D eigenvalue weighted by atomic mass is 9.87. The molecular weight excluding hydrogens is 256 g/mol. The fourth-order valence-corrected chi connectivity index (χ4v) is 3.18. The molecule has 2 nitrogen and oxygen atoms in total. The molecule has 0 saturated heterocycles. The Balaban J connectivity index is 2.11. The van der Waals surface area contributed by atoms with E-state index in [-0.39, 0.29) is 5.78 Å². The van der Waals surface area contributed by atoms with Crippen molar-refractivity contribution in [2.24, 2.45) is 0 Å². The summed E-state index contributed by atoms with van der Waals surface area (Å²) in [6.07, 6.45) is 4.18. The van der Waals surface area contributed by atoms with Crippen molar-refractivity contribution in [2.45, 2.75) is 32.6 Å². The summed E-state index contributed by atoms with van der Waals surface area (Å²) in [4.78, 5) is 12.4. The van der Waals surface area contributed by atoms with Crippen LogP contribution in [-0.4, -0.2) is 18.6 Å². The van der Waals surface area contributed by atoms with Gasteiger partial charge in [-0.05, 0) is 54.2 Å². The lowest BCUT2D eigenvalue weighted by Gasteiger charge is -2.18. The molecule has 1 aromatic carbocycles. The first-order valence-corrected chi connectivity index (χ1v) is 7.83. The zero-order valence-corrected chi connectivity index (χ0v) is 12.4. The minimum atomic E-state index is 0.188. The van der Waals surface area contributed by atoms with Crippen molar-refractivity contribution in [2.75, 3.05) is 12.9 Å². The Bertz CT molecular complexity index is 492. The molecule has 3 heteroatoms. The number of methoxy groups -OCH3 is 1. The largest absolute Gasteiger partial charge is 0.497 e. The van der Waals surface area contributed by atoms with Crippen LogP contribution in [0.5, 0.6) is 5.75 Å². The van der Waals surface area contributed by atoms with Crippen LogP contribution in [-0.2, 0) is 6.42 Å². The van der Waals surface area contributed by atoms with Crippen molar-refractivity contribution < 1.29 is 9.53 Å². The third kappa shape index (κ3) is 3.41. The molecule has 0 amide bonds. The summed E-state index contributed by atoms with van der Waals surface area (Å²) in [5.41, 5.74) is 2.91. The van der Waals surface area contributed by atoms with Gasteiger partial charge in [0.15, 0.2) is 5.78 Å². The van der Waals surface area contributed by atoms with Gasteiger partial charge in [-0.25, -0.2) is 0 Å². The van der Waals surface area contributed by atoms with Gasteiger partial charge in [0.1, 0.15) is 5.75 Å². The highest BCUT2D eigenvalue weighted by atomic mass is 32.2. The van der Waals surface area contributed by atoms with Crippen molar-refractivity contribution in [3.05, 3.63) is 40.3 Å². The highest BCUT2D eigenvalue weighted by molar-refractivity contribution is 8.02. The smallest absolute Gasteiger partial charge is 0.189 e. The van der Waals surface area contributed by atoms with Crippen LogP contribution in [0.15, 0.2) is 29.2 Å². The number of fused-ring (bicyclic) bond motifs is 1. The second kappa shape index (κ2) is 6.80. The predicted molar refractivity (Wildman–Crippen MR) is 81.1 cm³/mol. The lowest BCUT2D eigenvalue weighted by molar-refractivity contribution is 0.102. The number of hydrogen-bond donors (Lipinski definition) is 0. The van der Waals surface area contributed by atoms with Crippen LogP contribution in [0.25, 0.3) is 0 Å². The van der Waals surface area contributed by atoms with E-state index in [2.05, 4.69) is 12.3 Å². The highest BCUT2D eigenvalue weighted by Crippen LogP contribution is 2.29. The van der Waals surface area contributed by atoms with E-state index in [0.29, 0.717) is 0 Å². The predicted octanol–water partition coefficient (Wildman–Crippen LogP) is 4.24. The second-order valence-corrected chi connectivity index (χ2v) is 5.70. The number of carbonyl (C=O) groups excluding carboxylic acids is 1. The van der Waals surface area contributed by atoms with Gasteiger partial charge in [-0.3, -0.25) is 4.79 Å². The van der Waals surface area contributed by atoms with Gasteiger partial charge in [0.25, 0.3) is 0 Å². The number of Topliss-reactive ketones (excluding diaryl/α,β-unsaturated/α-hetero) is 1. The molecule has 1 aliphatic rings. The van der Waals surface area contributed by atoms with Crippen molar-refractivity contribution in [3.63, 3.8) is 0 Å². The summed E-state index contributed by atoms with van der Waals surface area (Å²) in [5.74, 6) is 2.12. The molecule has 0 radical (unpaired) electrons. The number of aryl methyl sites for hydroxylation is 1. The molecule has 0 aromatic heterocycles. The van der Waals surface area contributed by atoms with Crippen molar-refractivity contribution >= 4 is 17.5 Å². The molecule has 0 heterocycles. The summed E-state index contributed by atoms with van der Waals surface area (Å²) < 4.78 is 5.20. The summed E-state index contributed by atoms with van der Waals surface area (Å²) in [7, 11) is 1.65. The number of carbonyl (C=O) groups is 1. The van der Waals surface area contributed by atoms with E-state index < -0.39 is 0 Å². The van der Waals surface area contributed by atoms with Gasteiger partial charge in [0, 0.05) is 11.1 Å². The van der Waals surface area contributed by atoms with Crippen LogP contribution < -0.4 is 4.74 Å². The average Bonchev–Trinajstić information content (AvgIpc) is 2.45. The zero-order chi connectivity index (χ0) is 13.7. The SMILES string of the molecule is CCCCSC=C1CCc2cc(OC)ccc2C1=O. The molecular formula is C16H20O2S. The van der Waals surface area contributed by atoms with Crippen LogP contribution in [0.2, 0.25) is 0 Å². The molecule has 102 valence electrons. The number of unbranched alkanes of at least 4 members (excludes halogenated alkanes) is 1. The third-order valence-electron chi connectivity index (χ3n) is 3.35. The number of ether oxygens (including phenoxy) is 1. The van der Waals surface area contributed by atoms with Crippen LogP contribution >= 0.6 is 11.8 Å². The molecule has 0 bridgehead atoms. The maximum atomic E-state index is 12.4. The first kappa shape index (κ1) is 14.2. The van der Waals surface area contributed by atoms with Crippen molar-refractivity contribution in [1.29, 1.82) is 0 Å². The first-order valence-electron chi connectivity index (χ1n) is 6.78. The standard InChI is InChI=1S/C16H20O2S/c1-3-4-9-19-11-13-6-5-12-10-14(18-2)7-8-15(12)16(13)17/h7-8,10-11H,3-6,9H2,1-2H3. The Morgan fingerprint density at radius 3 is 2.95 bits per heavy atom. The number of benzene rings is 1. The van der Waals surface area contributed by atoms with Crippen molar-refractivity contribution in [1.82, 2.24) is 0 Å². The van der Waals surface area contributed by atoms with Crippen LogP contribution in [0.3, 0.4) is 0 Å². The molecule has 1 aliphatic carbocycles. The molecule has 0 atom stereocenters. The Hall–Kier alpha value is -1.22. The highest BCUT2D eigenvalue weighted by Gasteiger charge is 2.21. The number of rotatable bonds is 5. The van der Waals surface area contributed by atoms with Gasteiger partial charge in [0.05, 0.1) is 7.11 Å². The van der Waals surface area contributed by atoms with Gasteiger partial charge in [0.2, 0.25) is 0 Å². The molecule has 1 aromatic rings. The molecule has 2 rings (SSSR count). The maximum Gasteiger partial charge on any atom is 0.189 e. The van der Waals surface area contributed by atoms with Crippen LogP contribution in [0, 0.1) is 0 Å². The van der Waals surface area contributed by atoms with E-state index in [1.807, 2.05) is 18.2 Å². The normalized spacial score (nSPS) is 16.5. The van der Waals surface area contributed by atoms with Crippen LogP contribution in [0.4, 0.5) is 0 Å². The quantitative estimate of drug-likeness (QED) is 0.594. The minimum absolute atomic E-state index is 0.188. The van der Waals surface area contributed by atoms with Gasteiger partial charge >= 0.3 is 0 Å². The minimum Gasteiger partial charge on any atom is -0.497 e. The van der Waals surface area contributed by atoms with Gasteiger partial charge in [-0.2, -0.15) is 0 Å². The Morgan fingerprint density at radius 1 is 1.37 bits per heavy atom. The lowest BCUT2D eigenvalue weighted by Crippen LogP contribution is -2.14. The molecule has 19 heavy (non-hydrogen) atoms. The van der Waals surface area contributed by atoms with E-state index in [4.69, 9.17) is 4.74 Å². The summed E-state index contributed by atoms with van der Waals surface area (Å²) in [6, 6.07) is 5.73. The van der Waals surface area contributed by atoms with Crippen molar-refractivity contribution in [3.8, 4) is 5.75 Å². The summed E-state index contributed by atoms with van der Waals surface area (Å²) >= 11 is 1.76.